The van der Waals surface area contributed by atoms with Gasteiger partial charge in [0, 0.05) is 25.7 Å². The van der Waals surface area contributed by atoms with Gasteiger partial charge in [-0.15, -0.1) is 0 Å². The van der Waals surface area contributed by atoms with Crippen molar-refractivity contribution in [3.05, 3.63) is 0 Å². The van der Waals surface area contributed by atoms with Crippen LogP contribution in [0.25, 0.3) is 0 Å². The van der Waals surface area contributed by atoms with Gasteiger partial charge in [0.2, 0.25) is 0 Å². The maximum atomic E-state index is 13.1. The Morgan fingerprint density at radius 1 is 0.265 bits per heavy atom. The van der Waals surface area contributed by atoms with Crippen LogP contribution in [-0.4, -0.2) is 96.7 Å². The lowest BCUT2D eigenvalue weighted by Crippen LogP contribution is -2.30. The summed E-state index contributed by atoms with van der Waals surface area (Å²) in [5.41, 5.74) is 0. The molecule has 17 nitrogen and oxygen atoms in total. The number of hydrogen-bond acceptors (Lipinski definition) is 15. The zero-order chi connectivity index (χ0) is 74.9. The lowest BCUT2D eigenvalue weighted by molar-refractivity contribution is -0.161. The van der Waals surface area contributed by atoms with E-state index in [1.807, 2.05) is 0 Å². The molecular formula is C83H162O17P2. The van der Waals surface area contributed by atoms with E-state index in [-0.39, 0.29) is 25.7 Å². The molecule has 0 radical (unpaired) electrons. The van der Waals surface area contributed by atoms with Gasteiger partial charge in [0.05, 0.1) is 26.4 Å². The molecule has 0 aliphatic rings. The first-order valence-corrected chi connectivity index (χ1v) is 46.0. The quantitative estimate of drug-likeness (QED) is 0.0222. The molecule has 0 aromatic carbocycles. The van der Waals surface area contributed by atoms with Gasteiger partial charge in [-0.2, -0.15) is 0 Å². The number of aliphatic hydroxyl groups is 1. The van der Waals surface area contributed by atoms with Crippen LogP contribution in [0.2, 0.25) is 0 Å². The first-order chi connectivity index (χ1) is 49.4. The molecular weight excluding hydrogens is 1330 g/mol. The fourth-order valence-corrected chi connectivity index (χ4v) is 14.5. The lowest BCUT2D eigenvalue weighted by Gasteiger charge is -2.21. The highest BCUT2D eigenvalue weighted by molar-refractivity contribution is 7.47. The second kappa shape index (κ2) is 74.5. The molecule has 0 saturated heterocycles. The summed E-state index contributed by atoms with van der Waals surface area (Å²) in [4.78, 5) is 73.1. The van der Waals surface area contributed by atoms with E-state index in [1.54, 1.807) is 0 Å². The van der Waals surface area contributed by atoms with Gasteiger partial charge in [-0.25, -0.2) is 9.13 Å². The predicted molar refractivity (Wildman–Crippen MR) is 418 cm³/mol. The molecule has 0 amide bonds. The summed E-state index contributed by atoms with van der Waals surface area (Å²) < 4.78 is 68.8. The molecule has 0 aromatic rings. The van der Waals surface area contributed by atoms with E-state index >= 15 is 0 Å². The van der Waals surface area contributed by atoms with Crippen molar-refractivity contribution in [1.82, 2.24) is 0 Å². The van der Waals surface area contributed by atoms with Crippen LogP contribution in [0.5, 0.6) is 0 Å². The molecule has 0 aromatic heterocycles. The average molecular weight is 1490 g/mol. The lowest BCUT2D eigenvalue weighted by atomic mass is 10.0. The molecule has 0 fully saturated rings. The van der Waals surface area contributed by atoms with Crippen molar-refractivity contribution in [1.29, 1.82) is 0 Å². The molecule has 102 heavy (non-hydrogen) atoms. The van der Waals surface area contributed by atoms with Gasteiger partial charge in [-0.3, -0.25) is 37.3 Å². The summed E-state index contributed by atoms with van der Waals surface area (Å²) in [7, 11) is -9.92. The normalized spacial score (nSPS) is 13.9. The van der Waals surface area contributed by atoms with Gasteiger partial charge in [-0.05, 0) is 37.5 Å². The second-order valence-electron chi connectivity index (χ2n) is 30.8. The Morgan fingerprint density at radius 3 is 0.667 bits per heavy atom. The third kappa shape index (κ3) is 76.3. The topological polar surface area (TPSA) is 237 Å². The molecule has 0 bridgehead atoms. The van der Waals surface area contributed by atoms with Crippen LogP contribution >= 0.6 is 15.6 Å². The number of phosphoric ester groups is 2. The predicted octanol–water partition coefficient (Wildman–Crippen LogP) is 25.1. The van der Waals surface area contributed by atoms with Gasteiger partial charge in [0.25, 0.3) is 0 Å². The average Bonchev–Trinajstić information content (AvgIpc) is 0.954. The molecule has 0 aliphatic heterocycles. The largest absolute Gasteiger partial charge is 0.472 e. The molecule has 19 heteroatoms. The summed E-state index contributed by atoms with van der Waals surface area (Å²) in [6.45, 7) is 9.60. The number of ether oxygens (including phenoxy) is 4. The van der Waals surface area contributed by atoms with Crippen molar-refractivity contribution < 1.29 is 80.2 Å². The molecule has 0 rings (SSSR count). The Labute approximate surface area is 626 Å². The van der Waals surface area contributed by atoms with E-state index in [2.05, 4.69) is 41.5 Å². The SMILES string of the molecule is CCCCCCCCCCCCCCCCCCCCCCC(=O)O[C@H](COC(=O)CCCCCCCCCCCCCCCCCCCC)COP(=O)(O)OC[C@@H](O)COP(=O)(O)OC[C@@H](COC(=O)CCCCCCCCCCC(C)C)OC(=O)CCCCCCCCCCCCC(C)C. The van der Waals surface area contributed by atoms with E-state index in [0.717, 1.165) is 102 Å². The fourth-order valence-electron chi connectivity index (χ4n) is 12.9. The third-order valence-electron chi connectivity index (χ3n) is 19.5. The molecule has 5 atom stereocenters. The maximum Gasteiger partial charge on any atom is 0.472 e. The number of carbonyl (C=O) groups is 4. The Morgan fingerprint density at radius 2 is 0.451 bits per heavy atom. The maximum absolute atomic E-state index is 13.1. The number of aliphatic hydroxyl groups excluding tert-OH is 1. The van der Waals surface area contributed by atoms with Gasteiger partial charge >= 0.3 is 39.5 Å². The summed E-state index contributed by atoms with van der Waals surface area (Å²) in [5.74, 6) is -0.629. The number of rotatable bonds is 82. The van der Waals surface area contributed by atoms with Crippen LogP contribution in [-0.2, 0) is 65.4 Å². The zero-order valence-corrected chi connectivity index (χ0v) is 68.7. The number of phosphoric acid groups is 2. The monoisotopic (exact) mass is 1490 g/mol. The minimum absolute atomic E-state index is 0.106. The van der Waals surface area contributed by atoms with E-state index in [0.29, 0.717) is 25.7 Å². The summed E-state index contributed by atoms with van der Waals surface area (Å²) in [5, 5.41) is 10.7. The number of carbonyl (C=O) groups excluding carboxylic acids is 4. The van der Waals surface area contributed by atoms with Gasteiger partial charge in [-0.1, -0.05) is 388 Å². The highest BCUT2D eigenvalue weighted by Gasteiger charge is 2.30. The Kier molecular flexibility index (Phi) is 73.1. The van der Waals surface area contributed by atoms with Crippen LogP contribution in [0.4, 0.5) is 0 Å². The number of esters is 4. The van der Waals surface area contributed by atoms with E-state index in [9.17, 15) is 43.2 Å². The minimum atomic E-state index is -4.96. The Hall–Kier alpha value is -1.94. The fraction of sp³-hybridized carbons (Fsp3) is 0.952. The first-order valence-electron chi connectivity index (χ1n) is 43.0. The smallest absolute Gasteiger partial charge is 0.462 e. The van der Waals surface area contributed by atoms with Crippen molar-refractivity contribution in [3.8, 4) is 0 Å². The standard InChI is InChI=1S/C83H162O17P2/c1-7-9-11-13-15-17-19-21-23-25-27-28-30-32-34-36-41-49-55-61-67-82(87)99-78(71-93-80(85)65-59-53-47-40-35-33-31-29-26-24-22-20-18-16-14-12-10-8-2)73-97-101(89,90)95-69-77(84)70-96-102(91,92)98-74-79(72-94-81(86)66-60-54-48-44-43-46-52-58-64-76(5)6)100-83(88)68-62-56-50-42-38-37-39-45-51-57-63-75(3)4/h75-79,84H,7-74H2,1-6H3,(H,89,90)(H,91,92)/t77-,78-,79-/m1/s1. The van der Waals surface area contributed by atoms with E-state index in [1.165, 1.54) is 257 Å². The molecule has 0 saturated carbocycles. The number of hydrogen-bond donors (Lipinski definition) is 3. The van der Waals surface area contributed by atoms with Crippen LogP contribution in [0.3, 0.4) is 0 Å². The summed E-state index contributed by atoms with van der Waals surface area (Å²) in [6.07, 6.45) is 65.4. The Balaban J connectivity index is 5.23. The highest BCUT2D eigenvalue weighted by atomic mass is 31.2. The molecule has 3 N–H and O–H groups in total. The first kappa shape index (κ1) is 100. The molecule has 0 aliphatic carbocycles. The van der Waals surface area contributed by atoms with Gasteiger partial charge in [0.1, 0.15) is 19.3 Å². The van der Waals surface area contributed by atoms with Crippen molar-refractivity contribution in [3.63, 3.8) is 0 Å². The molecule has 0 spiro atoms. The zero-order valence-electron chi connectivity index (χ0n) is 66.9. The van der Waals surface area contributed by atoms with Gasteiger partial charge in [0.15, 0.2) is 12.2 Å². The molecule has 2 unspecified atom stereocenters. The third-order valence-corrected chi connectivity index (χ3v) is 21.4. The van der Waals surface area contributed by atoms with Crippen LogP contribution < -0.4 is 0 Å². The molecule has 606 valence electrons. The summed E-state index contributed by atoms with van der Waals surface area (Å²) >= 11 is 0. The second-order valence-corrected chi connectivity index (χ2v) is 33.7. The van der Waals surface area contributed by atoms with Crippen LogP contribution in [0, 0.1) is 11.8 Å². The van der Waals surface area contributed by atoms with Crippen LogP contribution in [0.1, 0.15) is 440 Å². The van der Waals surface area contributed by atoms with Crippen molar-refractivity contribution >= 4 is 39.5 Å². The molecule has 0 heterocycles. The van der Waals surface area contributed by atoms with Crippen molar-refractivity contribution in [2.75, 3.05) is 39.6 Å². The number of unbranched alkanes of at least 4 members (excludes halogenated alkanes) is 52. The summed E-state index contributed by atoms with van der Waals surface area (Å²) in [6, 6.07) is 0. The van der Waals surface area contributed by atoms with Gasteiger partial charge < -0.3 is 33.8 Å². The minimum Gasteiger partial charge on any atom is -0.462 e. The van der Waals surface area contributed by atoms with Crippen LogP contribution in [0.15, 0.2) is 0 Å². The van der Waals surface area contributed by atoms with E-state index in [4.69, 9.17) is 37.0 Å². The highest BCUT2D eigenvalue weighted by Crippen LogP contribution is 2.45. The van der Waals surface area contributed by atoms with Crippen molar-refractivity contribution in [2.45, 2.75) is 458 Å². The van der Waals surface area contributed by atoms with Crippen molar-refractivity contribution in [2.24, 2.45) is 11.8 Å². The van der Waals surface area contributed by atoms with E-state index < -0.39 is 97.5 Å². The Bertz CT molecular complexity index is 1960.